The van der Waals surface area contributed by atoms with Gasteiger partial charge >= 0.3 is 5.97 Å². The molecule has 3 aromatic rings. The third kappa shape index (κ3) is 5.53. The predicted molar refractivity (Wildman–Crippen MR) is 146 cm³/mol. The number of ether oxygens (including phenoxy) is 2. The number of hydrogen-bond acceptors (Lipinski definition) is 7. The summed E-state index contributed by atoms with van der Waals surface area (Å²) >= 11 is 6.09. The number of carbonyl (C=O) groups is 1. The molecule has 0 unspecified atom stereocenters. The molecule has 2 aromatic heterocycles. The second kappa shape index (κ2) is 10.1. The summed E-state index contributed by atoms with van der Waals surface area (Å²) in [6.07, 6.45) is 6.99. The molecule has 37 heavy (non-hydrogen) atoms. The Morgan fingerprint density at radius 2 is 2.00 bits per heavy atom. The number of nitrogens with zero attached hydrogens (tertiary/aromatic N) is 3. The van der Waals surface area contributed by atoms with E-state index in [2.05, 4.69) is 49.8 Å². The van der Waals surface area contributed by atoms with Gasteiger partial charge in [0.1, 0.15) is 23.8 Å². The molecule has 8 nitrogen and oxygen atoms in total. The van der Waals surface area contributed by atoms with Crippen molar-refractivity contribution < 1.29 is 18.7 Å². The first-order valence-corrected chi connectivity index (χ1v) is 15.5. The van der Waals surface area contributed by atoms with Crippen LogP contribution in [0.3, 0.4) is 0 Å². The highest BCUT2D eigenvalue weighted by molar-refractivity contribution is 6.74. The number of nitrogens with two attached hydrogens (primary N) is 1. The molecule has 4 rings (SSSR count). The summed E-state index contributed by atoms with van der Waals surface area (Å²) in [4.78, 5) is 21.4. The molecule has 0 amide bonds. The first-order chi connectivity index (χ1) is 17.3. The number of hydrogen-bond donors (Lipinski definition) is 1. The van der Waals surface area contributed by atoms with E-state index < -0.39 is 26.3 Å². The van der Waals surface area contributed by atoms with E-state index in [4.69, 9.17) is 37.7 Å². The van der Waals surface area contributed by atoms with Crippen molar-refractivity contribution in [2.75, 3.05) is 12.3 Å². The Morgan fingerprint density at radius 3 is 2.65 bits per heavy atom. The number of aromatic nitrogens is 3. The molecule has 0 saturated carbocycles. The maximum Gasteiger partial charge on any atom is 0.310 e. The van der Waals surface area contributed by atoms with Gasteiger partial charge in [-0.15, -0.1) is 6.42 Å². The Hall–Kier alpha value is -2.90. The van der Waals surface area contributed by atoms with E-state index in [1.807, 2.05) is 30.3 Å². The van der Waals surface area contributed by atoms with Gasteiger partial charge in [-0.2, -0.15) is 4.98 Å². The molecule has 2 N–H and O–H groups in total. The van der Waals surface area contributed by atoms with Crippen LogP contribution in [0.5, 0.6) is 0 Å². The molecular formula is C27H33ClN4O4Si. The molecule has 1 aliphatic rings. The van der Waals surface area contributed by atoms with Crippen LogP contribution in [0, 0.1) is 12.3 Å². The quantitative estimate of drug-likeness (QED) is 0.192. The molecule has 0 aliphatic carbocycles. The zero-order valence-corrected chi connectivity index (χ0v) is 23.6. The minimum absolute atomic E-state index is 0.0262. The lowest BCUT2D eigenvalue weighted by Crippen LogP contribution is -2.50. The molecule has 1 saturated heterocycles. The van der Waals surface area contributed by atoms with Gasteiger partial charge in [0.15, 0.2) is 13.9 Å². The Bertz CT molecular complexity index is 1330. The predicted octanol–water partition coefficient (Wildman–Crippen LogP) is 5.13. The fraction of sp³-hybridized carbons (Fsp3) is 0.444. The van der Waals surface area contributed by atoms with Crippen molar-refractivity contribution in [1.29, 1.82) is 0 Å². The average molecular weight is 541 g/mol. The summed E-state index contributed by atoms with van der Waals surface area (Å²) in [6.45, 7) is 10.8. The molecule has 0 spiro atoms. The smallest absolute Gasteiger partial charge is 0.310 e. The number of benzene rings is 1. The minimum atomic E-state index is -2.19. The summed E-state index contributed by atoms with van der Waals surface area (Å²) in [5, 5.41) is 0.627. The van der Waals surface area contributed by atoms with E-state index in [9.17, 15) is 4.79 Å². The second-order valence-electron chi connectivity index (χ2n) is 10.9. The lowest BCUT2D eigenvalue weighted by molar-refractivity contribution is -0.157. The molecule has 10 heteroatoms. The van der Waals surface area contributed by atoms with Gasteiger partial charge in [-0.05, 0) is 41.4 Å². The Labute approximate surface area is 223 Å². The number of terminal acetylenes is 1. The largest absolute Gasteiger partial charge is 0.458 e. The number of nitrogen functional groups attached to an aromatic ring is 1. The lowest BCUT2D eigenvalue weighted by Gasteiger charge is -2.39. The van der Waals surface area contributed by atoms with E-state index >= 15 is 0 Å². The molecule has 1 fully saturated rings. The van der Waals surface area contributed by atoms with Crippen LogP contribution in [0.25, 0.3) is 11.0 Å². The first kappa shape index (κ1) is 27.1. The van der Waals surface area contributed by atoms with Gasteiger partial charge < -0.3 is 24.2 Å². The Kier molecular flexibility index (Phi) is 7.41. The summed E-state index contributed by atoms with van der Waals surface area (Å²) in [5.41, 5.74) is 6.12. The fourth-order valence-electron chi connectivity index (χ4n) is 4.08. The maximum atomic E-state index is 13.0. The molecular weight excluding hydrogens is 508 g/mol. The summed E-state index contributed by atoms with van der Waals surface area (Å²) in [7, 11) is -2.19. The van der Waals surface area contributed by atoms with Gasteiger partial charge in [-0.25, -0.2) is 4.98 Å². The van der Waals surface area contributed by atoms with Crippen molar-refractivity contribution in [2.45, 2.75) is 69.7 Å². The summed E-state index contributed by atoms with van der Waals surface area (Å²) in [5.74, 6) is 2.66. The average Bonchev–Trinajstić information content (AvgIpc) is 3.39. The van der Waals surface area contributed by atoms with Crippen LogP contribution in [-0.2, 0) is 25.1 Å². The van der Waals surface area contributed by atoms with Crippen molar-refractivity contribution in [3.63, 3.8) is 0 Å². The molecule has 1 aromatic carbocycles. The summed E-state index contributed by atoms with van der Waals surface area (Å²) < 4.78 is 20.8. The molecule has 0 radical (unpaired) electrons. The van der Waals surface area contributed by atoms with Gasteiger partial charge in [0.2, 0.25) is 5.28 Å². The van der Waals surface area contributed by atoms with Crippen LogP contribution in [0.4, 0.5) is 5.82 Å². The number of esters is 1. The van der Waals surface area contributed by atoms with Crippen LogP contribution < -0.4 is 5.73 Å². The van der Waals surface area contributed by atoms with E-state index in [-0.39, 0.29) is 35.1 Å². The van der Waals surface area contributed by atoms with Crippen LogP contribution in [0.2, 0.25) is 23.4 Å². The Balaban J connectivity index is 1.65. The third-order valence-electron chi connectivity index (χ3n) is 7.33. The highest BCUT2D eigenvalue weighted by atomic mass is 35.5. The van der Waals surface area contributed by atoms with Gasteiger partial charge in [0, 0.05) is 12.6 Å². The topological polar surface area (TPSA) is 101 Å². The van der Waals surface area contributed by atoms with Crippen LogP contribution in [-0.4, -0.2) is 47.1 Å². The maximum absolute atomic E-state index is 13.0. The van der Waals surface area contributed by atoms with Crippen molar-refractivity contribution in [2.24, 2.45) is 0 Å². The monoisotopic (exact) mass is 540 g/mol. The molecule has 3 heterocycles. The van der Waals surface area contributed by atoms with Crippen LogP contribution >= 0.6 is 11.6 Å². The standard InChI is InChI=1S/C27H33ClN4O4Si/c1-7-27(17-34-37(5,6)26(2,3)4)20(35-22(33)15-18-11-9-8-10-12-18)16-21(36-27)32-14-13-19-23(29)30-25(28)31-24(19)32/h1,8-14,20-21H,15-17H2,2-6H3,(H2,29,30,31)/t20-,21+,27+/m0/s1. The number of fused-ring (bicyclic) bond motifs is 1. The van der Waals surface area contributed by atoms with Gasteiger partial charge in [-0.1, -0.05) is 57.0 Å². The number of halogens is 1. The number of anilines is 1. The van der Waals surface area contributed by atoms with Crippen molar-refractivity contribution in [3.8, 4) is 12.3 Å². The highest BCUT2D eigenvalue weighted by Gasteiger charge is 2.53. The molecule has 196 valence electrons. The molecule has 0 bridgehead atoms. The van der Waals surface area contributed by atoms with Gasteiger partial charge in [0.05, 0.1) is 18.4 Å². The van der Waals surface area contributed by atoms with Crippen molar-refractivity contribution in [3.05, 3.63) is 53.4 Å². The van der Waals surface area contributed by atoms with Gasteiger partial charge in [-0.3, -0.25) is 4.79 Å². The Morgan fingerprint density at radius 1 is 1.30 bits per heavy atom. The second-order valence-corrected chi connectivity index (χ2v) is 16.0. The summed E-state index contributed by atoms with van der Waals surface area (Å²) in [6, 6.07) is 11.2. The van der Waals surface area contributed by atoms with Crippen molar-refractivity contribution in [1.82, 2.24) is 14.5 Å². The third-order valence-corrected chi connectivity index (χ3v) is 12.0. The van der Waals surface area contributed by atoms with E-state index in [1.54, 1.807) is 16.8 Å². The van der Waals surface area contributed by atoms with E-state index in [0.29, 0.717) is 17.5 Å². The SMILES string of the molecule is C#C[C@]1(CO[Si](C)(C)C(C)(C)C)O[C@@H](n2ccc3c(N)nc(Cl)nc32)C[C@@H]1OC(=O)Cc1ccccc1. The first-order valence-electron chi connectivity index (χ1n) is 12.2. The van der Waals surface area contributed by atoms with Crippen LogP contribution in [0.1, 0.15) is 39.0 Å². The highest BCUT2D eigenvalue weighted by Crippen LogP contribution is 2.43. The van der Waals surface area contributed by atoms with E-state index in [1.165, 1.54) is 0 Å². The van der Waals surface area contributed by atoms with E-state index in [0.717, 1.165) is 5.56 Å². The van der Waals surface area contributed by atoms with Crippen LogP contribution in [0.15, 0.2) is 42.6 Å². The minimum Gasteiger partial charge on any atom is -0.458 e. The number of rotatable bonds is 7. The fourth-order valence-corrected chi connectivity index (χ4v) is 5.26. The zero-order valence-electron chi connectivity index (χ0n) is 21.8. The molecule has 1 aliphatic heterocycles. The normalized spacial score (nSPS) is 22.2. The van der Waals surface area contributed by atoms with Gasteiger partial charge in [0.25, 0.3) is 0 Å². The van der Waals surface area contributed by atoms with Crippen molar-refractivity contribution >= 4 is 42.7 Å². The zero-order chi connectivity index (χ0) is 27.0. The molecule has 3 atom stereocenters. The number of carbonyl (C=O) groups excluding carboxylic acids is 1. The lowest BCUT2D eigenvalue weighted by atomic mass is 9.98.